The molecule has 3 aromatic rings. The molecular formula is C48H63N9O8Si2. The summed E-state index contributed by atoms with van der Waals surface area (Å²) in [6.45, 7) is 17.2. The van der Waals surface area contributed by atoms with E-state index in [0.29, 0.717) is 38.8 Å². The van der Waals surface area contributed by atoms with Crippen molar-refractivity contribution < 1.29 is 38.2 Å². The van der Waals surface area contributed by atoms with Gasteiger partial charge in [-0.2, -0.15) is 0 Å². The van der Waals surface area contributed by atoms with Gasteiger partial charge in [0.25, 0.3) is 5.91 Å². The van der Waals surface area contributed by atoms with Crippen LogP contribution in [0, 0.1) is 11.3 Å². The Morgan fingerprint density at radius 1 is 1.13 bits per heavy atom. The number of hydrogen-bond acceptors (Lipinski definition) is 12. The summed E-state index contributed by atoms with van der Waals surface area (Å²) < 4.78 is 21.1. The maximum atomic E-state index is 14.8. The first-order valence-corrected chi connectivity index (χ1v) is 24.1. The van der Waals surface area contributed by atoms with E-state index in [1.165, 1.54) is 20.9 Å². The van der Waals surface area contributed by atoms with Gasteiger partial charge in [0.05, 0.1) is 42.2 Å². The summed E-state index contributed by atoms with van der Waals surface area (Å²) in [6.07, 6.45) is 3.61. The zero-order chi connectivity index (χ0) is 48.6. The Morgan fingerprint density at radius 3 is 2.58 bits per heavy atom. The van der Waals surface area contributed by atoms with E-state index >= 15 is 0 Å². The van der Waals surface area contributed by atoms with Crippen molar-refractivity contribution in [2.24, 2.45) is 16.4 Å². The molecule has 0 aliphatic carbocycles. The van der Waals surface area contributed by atoms with Crippen molar-refractivity contribution in [2.45, 2.75) is 115 Å². The van der Waals surface area contributed by atoms with Gasteiger partial charge in [0.2, 0.25) is 29.8 Å². The number of nitrogens with one attached hydrogen (secondary N) is 3. The first kappa shape index (κ1) is 49.7. The number of likely N-dealkylation sites (N-methyl/N-ethyl adjacent to an activating group) is 1. The van der Waals surface area contributed by atoms with Crippen molar-refractivity contribution in [3.8, 4) is 11.3 Å². The molecule has 356 valence electrons. The molecule has 2 aromatic heterocycles. The number of carbonyl (C=O) groups excluding carboxylic acids is 5. The van der Waals surface area contributed by atoms with Crippen molar-refractivity contribution in [3.05, 3.63) is 66.0 Å². The van der Waals surface area contributed by atoms with Crippen LogP contribution in [0.1, 0.15) is 96.4 Å². The maximum absolute atomic E-state index is 14.8. The van der Waals surface area contributed by atoms with Gasteiger partial charge in [0.15, 0.2) is 0 Å². The van der Waals surface area contributed by atoms with E-state index in [1.54, 1.807) is 20.4 Å². The number of aryl methyl sites for hydroxylation is 1. The quantitative estimate of drug-likeness (QED) is 0.188. The highest BCUT2D eigenvalue weighted by molar-refractivity contribution is 6.60. The molecule has 2 saturated heterocycles. The number of benzene rings is 1. The van der Waals surface area contributed by atoms with Gasteiger partial charge >= 0.3 is 0 Å². The topological polar surface area (TPSA) is 189 Å². The van der Waals surface area contributed by atoms with Crippen LogP contribution in [0.2, 0.25) is 5.04 Å². The minimum atomic E-state index is -1.31. The summed E-state index contributed by atoms with van der Waals surface area (Å²) in [6, 6.07) is 7.96. The Hall–Kier alpha value is -5.22. The van der Waals surface area contributed by atoms with Crippen LogP contribution in [0.3, 0.4) is 0 Å². The van der Waals surface area contributed by atoms with E-state index in [0.717, 1.165) is 39.0 Å². The highest BCUT2D eigenvalue weighted by atomic mass is 28.1. The van der Waals surface area contributed by atoms with Gasteiger partial charge in [-0.05, 0) is 86.8 Å². The molecule has 17 nitrogen and oxygen atoms in total. The molecule has 7 rings (SSSR count). The van der Waals surface area contributed by atoms with Gasteiger partial charge in [-0.1, -0.05) is 40.3 Å². The van der Waals surface area contributed by atoms with Gasteiger partial charge in [0, 0.05) is 78.8 Å². The van der Waals surface area contributed by atoms with Crippen molar-refractivity contribution in [2.75, 3.05) is 47.0 Å². The number of rotatable bonds is 11. The van der Waals surface area contributed by atoms with E-state index in [2.05, 4.69) is 91.9 Å². The molecule has 3 N–H and O–H groups in total. The summed E-state index contributed by atoms with van der Waals surface area (Å²) in [5.41, 5.74) is 10.3. The second kappa shape index (κ2) is 19.8. The molecule has 19 heteroatoms. The number of fused-ring (bicyclic) bond motifs is 6. The van der Waals surface area contributed by atoms with Crippen LogP contribution in [0.5, 0.6) is 0 Å². The van der Waals surface area contributed by atoms with Gasteiger partial charge in [-0.15, -0.1) is 5.10 Å². The second-order valence-corrected chi connectivity index (χ2v) is 20.8. The van der Waals surface area contributed by atoms with Crippen LogP contribution in [-0.2, 0) is 51.1 Å². The number of hydrazine groups is 1. The fourth-order valence-corrected chi connectivity index (χ4v) is 10.7. The molecule has 6 bridgehead atoms. The first-order valence-electron chi connectivity index (χ1n) is 23.1. The minimum Gasteiger partial charge on any atom is -0.450 e. The lowest BCUT2D eigenvalue weighted by atomic mass is 9.84. The third-order valence-corrected chi connectivity index (χ3v) is 14.6. The molecule has 67 heavy (non-hydrogen) atoms. The van der Waals surface area contributed by atoms with Gasteiger partial charge < -0.3 is 38.7 Å². The van der Waals surface area contributed by atoms with E-state index in [9.17, 15) is 24.0 Å². The predicted molar refractivity (Wildman–Crippen MR) is 254 cm³/mol. The Kier molecular flexibility index (Phi) is 14.7. The Balaban J connectivity index is 1.26. The minimum absolute atomic E-state index is 0.0426. The molecule has 4 aliphatic heterocycles. The maximum Gasteiger partial charge on any atom is 0.259 e. The van der Waals surface area contributed by atoms with Crippen LogP contribution in [-0.4, -0.2) is 144 Å². The molecule has 0 saturated carbocycles. The largest absolute Gasteiger partial charge is 0.450 e. The summed E-state index contributed by atoms with van der Waals surface area (Å²) in [5.74, 6) is -1.98. The Labute approximate surface area is 399 Å². The number of likely N-dealkylation sites (tertiary alicyclic amines) is 1. The number of hydrazone groups is 1. The zero-order valence-corrected chi connectivity index (χ0v) is 41.9. The lowest BCUT2D eigenvalue weighted by Gasteiger charge is -2.43. The number of pyridine rings is 1. The Bertz CT molecular complexity index is 2460. The smallest absolute Gasteiger partial charge is 0.259 e. The Morgan fingerprint density at radius 2 is 1.90 bits per heavy atom. The van der Waals surface area contributed by atoms with Crippen molar-refractivity contribution in [3.63, 3.8) is 0 Å². The lowest BCUT2D eigenvalue weighted by molar-refractivity contribution is -0.149. The van der Waals surface area contributed by atoms with Crippen LogP contribution in [0.25, 0.3) is 22.2 Å². The molecule has 2 fully saturated rings. The van der Waals surface area contributed by atoms with E-state index < -0.39 is 46.1 Å². The lowest BCUT2D eigenvalue weighted by Crippen LogP contribution is -2.68. The van der Waals surface area contributed by atoms with Crippen LogP contribution in [0.15, 0.2) is 54.3 Å². The normalized spacial score (nSPS) is 25.1. The summed E-state index contributed by atoms with van der Waals surface area (Å²) in [4.78, 5) is 77.3. The average molecular weight is 950 g/mol. The van der Waals surface area contributed by atoms with Crippen molar-refractivity contribution >= 4 is 66.3 Å². The number of methoxy groups -OCH3 is 1. The second-order valence-electron chi connectivity index (χ2n) is 19.4. The predicted octanol–water partition coefficient (Wildman–Crippen LogP) is 3.63. The number of nitrogens with zero attached hydrogens (tertiary/aromatic N) is 6. The molecule has 4 amide bonds. The standard InChI is InChI=1S/C48H63N9O8Si2/c1-10-37(58)55-21-18-48(67,25-55)44(61)54(8)39(28(3)4)41(59)50-34-23-36-51-52-42(65-36)30-15-16-35-32(22-30)33(40(56(35)11-2)31-14-12-19-49-38(31)29(5)63-9)24-46(6,7)26-64-27-47(45(62)66)17-13-20-57(53-47)43(34)60/h10,12,14-16,19,22,28-29,34,39,42,52-53H,1,11,13,17-18,20-21,23-27H2,2-9H3,(H,50,59)/t29-,34-,39-,42?,47-,48?/m0/s1. The SMILES string of the molecule is C=CC(=O)N1CCC([Si])(C(=O)N(C)[C@H](C(=O)N[C@H]2CC3=NNC(O3)c3ccc4c(c3)c(c(-c3cccnc3[C@H](C)OC)n4CC)CC(C)(C)COC[C@]3(C(=O)[Si])CCCN(N3)C2=O)C(C)C)C1. The van der Waals surface area contributed by atoms with Gasteiger partial charge in [-0.3, -0.25) is 34.6 Å². The number of ether oxygens (including phenoxy) is 3. The third kappa shape index (κ3) is 9.88. The van der Waals surface area contributed by atoms with Crippen molar-refractivity contribution in [1.82, 2.24) is 40.5 Å². The van der Waals surface area contributed by atoms with Gasteiger partial charge in [0.1, 0.15) is 33.3 Å². The molecular weight excluding hydrogens is 887 g/mol. The first-order chi connectivity index (χ1) is 31.8. The fraction of sp³-hybridized carbons (Fsp3) is 0.562. The van der Waals surface area contributed by atoms with Crippen LogP contribution in [0.4, 0.5) is 0 Å². The highest BCUT2D eigenvalue weighted by Crippen LogP contribution is 2.42. The van der Waals surface area contributed by atoms with Gasteiger partial charge in [-0.25, -0.2) is 5.43 Å². The summed E-state index contributed by atoms with van der Waals surface area (Å²) >= 11 is 0. The number of aromatic nitrogens is 2. The monoisotopic (exact) mass is 949 g/mol. The highest BCUT2D eigenvalue weighted by Gasteiger charge is 2.47. The average Bonchev–Trinajstić information content (AvgIpc) is 4.03. The molecule has 1 aromatic carbocycles. The number of carbonyl (C=O) groups is 5. The molecule has 6 heterocycles. The van der Waals surface area contributed by atoms with E-state index in [1.807, 2.05) is 32.9 Å². The van der Waals surface area contributed by atoms with Crippen LogP contribution >= 0.6 is 0 Å². The summed E-state index contributed by atoms with van der Waals surface area (Å²) in [5, 5.41) is 8.39. The number of hydrogen-bond donors (Lipinski definition) is 3. The molecule has 2 unspecified atom stereocenters. The zero-order valence-electron chi connectivity index (χ0n) is 39.9. The van der Waals surface area contributed by atoms with E-state index in [-0.39, 0.29) is 67.9 Å². The van der Waals surface area contributed by atoms with Crippen molar-refractivity contribution in [1.29, 1.82) is 0 Å². The molecule has 6 atom stereocenters. The molecule has 4 aliphatic rings. The third-order valence-electron chi connectivity index (χ3n) is 13.5. The fourth-order valence-electron chi connectivity index (χ4n) is 9.98. The number of amides is 4. The molecule has 6 radical (unpaired) electrons. The molecule has 0 spiro atoms. The van der Waals surface area contributed by atoms with E-state index in [4.69, 9.17) is 19.2 Å². The summed E-state index contributed by atoms with van der Waals surface area (Å²) in [7, 11) is 10.2. The van der Waals surface area contributed by atoms with Crippen LogP contribution < -0.4 is 16.2 Å².